The molecule has 1 saturated heterocycles. The zero-order valence-corrected chi connectivity index (χ0v) is 15.6. The van der Waals surface area contributed by atoms with Crippen molar-refractivity contribution in [2.75, 3.05) is 36.5 Å². The first-order valence-corrected chi connectivity index (χ1v) is 9.07. The number of rotatable bonds is 6. The highest BCUT2D eigenvalue weighted by Crippen LogP contribution is 2.25. The van der Waals surface area contributed by atoms with Crippen LogP contribution < -0.4 is 20.3 Å². The summed E-state index contributed by atoms with van der Waals surface area (Å²) in [5.41, 5.74) is 0.559. The lowest BCUT2D eigenvalue weighted by atomic mass is 10.3. The first-order valence-electron chi connectivity index (χ1n) is 8.31. The number of aromatic nitrogens is 2. The van der Waals surface area contributed by atoms with Crippen molar-refractivity contribution in [3.05, 3.63) is 40.6 Å². The molecule has 0 unspecified atom stereocenters. The van der Waals surface area contributed by atoms with Crippen molar-refractivity contribution in [1.29, 1.82) is 0 Å². The maximum Gasteiger partial charge on any atom is 0.319 e. The van der Waals surface area contributed by atoms with Gasteiger partial charge in [-0.15, -0.1) is 0 Å². The van der Waals surface area contributed by atoms with E-state index in [1.807, 2.05) is 6.07 Å². The van der Waals surface area contributed by atoms with Crippen molar-refractivity contribution in [3.8, 4) is 5.88 Å². The molecular weight excluding hydrogens is 377 g/mol. The minimum absolute atomic E-state index is 0.297. The lowest BCUT2D eigenvalue weighted by molar-refractivity contribution is 0.246. The molecule has 0 radical (unpaired) electrons. The third-order valence-corrected chi connectivity index (χ3v) is 4.61. The predicted octanol–water partition coefficient (Wildman–Crippen LogP) is 3.58. The average Bonchev–Trinajstić information content (AvgIpc) is 3.17. The number of urea groups is 1. The summed E-state index contributed by atoms with van der Waals surface area (Å²) in [7, 11) is 0. The maximum atomic E-state index is 11.9. The Balaban J connectivity index is 1.41. The molecule has 26 heavy (non-hydrogen) atoms. The summed E-state index contributed by atoms with van der Waals surface area (Å²) in [6.45, 7) is 2.64. The Kier molecular flexibility index (Phi) is 6.35. The van der Waals surface area contributed by atoms with Crippen molar-refractivity contribution < 1.29 is 9.53 Å². The number of hydrogen-bond donors (Lipinski definition) is 2. The van der Waals surface area contributed by atoms with E-state index in [1.165, 1.54) is 19.2 Å². The molecule has 138 valence electrons. The standard InChI is InChI=1S/C17H19Cl2N5O2/c18-13-4-3-12(9-14(13)19)23-17(25)20-5-8-26-16-10-15(21-11-22-16)24-6-1-2-7-24/h3-4,9-11H,1-2,5-8H2,(H2,20,23,25). The lowest BCUT2D eigenvalue weighted by Crippen LogP contribution is -2.32. The maximum absolute atomic E-state index is 11.9. The molecule has 9 heteroatoms. The molecule has 0 spiro atoms. The topological polar surface area (TPSA) is 79.4 Å². The number of carbonyl (C=O) groups is 1. The van der Waals surface area contributed by atoms with Crippen LogP contribution in [-0.2, 0) is 0 Å². The molecule has 1 fully saturated rings. The molecule has 7 nitrogen and oxygen atoms in total. The minimum atomic E-state index is -0.354. The predicted molar refractivity (Wildman–Crippen MR) is 102 cm³/mol. The number of nitrogens with one attached hydrogen (secondary N) is 2. The second kappa shape index (κ2) is 8.91. The number of hydrogen-bond acceptors (Lipinski definition) is 5. The summed E-state index contributed by atoms with van der Waals surface area (Å²) >= 11 is 11.8. The quantitative estimate of drug-likeness (QED) is 0.730. The molecule has 2 amide bonds. The van der Waals surface area contributed by atoms with Gasteiger partial charge in [-0.2, -0.15) is 0 Å². The lowest BCUT2D eigenvalue weighted by Gasteiger charge is -2.16. The van der Waals surface area contributed by atoms with Crippen molar-refractivity contribution in [2.24, 2.45) is 0 Å². The zero-order valence-electron chi connectivity index (χ0n) is 14.0. The summed E-state index contributed by atoms with van der Waals surface area (Å²) < 4.78 is 5.58. The Morgan fingerprint density at radius 1 is 1.15 bits per heavy atom. The highest BCUT2D eigenvalue weighted by molar-refractivity contribution is 6.42. The Morgan fingerprint density at radius 3 is 2.73 bits per heavy atom. The molecule has 2 heterocycles. The van der Waals surface area contributed by atoms with Gasteiger partial charge in [0, 0.05) is 24.8 Å². The van der Waals surface area contributed by atoms with Crippen molar-refractivity contribution in [3.63, 3.8) is 0 Å². The zero-order chi connectivity index (χ0) is 18.4. The largest absolute Gasteiger partial charge is 0.476 e. The van der Waals surface area contributed by atoms with Crippen molar-refractivity contribution >= 4 is 40.7 Å². The van der Waals surface area contributed by atoms with Gasteiger partial charge in [0.25, 0.3) is 0 Å². The van der Waals surface area contributed by atoms with E-state index < -0.39 is 0 Å². The number of amides is 2. The molecule has 1 aromatic heterocycles. The van der Waals surface area contributed by atoms with Gasteiger partial charge >= 0.3 is 6.03 Å². The first-order chi connectivity index (χ1) is 12.6. The number of carbonyl (C=O) groups excluding carboxylic acids is 1. The highest BCUT2D eigenvalue weighted by Gasteiger charge is 2.14. The van der Waals surface area contributed by atoms with Gasteiger partial charge in [-0.05, 0) is 31.0 Å². The fourth-order valence-corrected chi connectivity index (χ4v) is 2.90. The smallest absolute Gasteiger partial charge is 0.319 e. The van der Waals surface area contributed by atoms with E-state index in [9.17, 15) is 4.79 Å². The van der Waals surface area contributed by atoms with Gasteiger partial charge < -0.3 is 20.3 Å². The Hall–Kier alpha value is -2.25. The van der Waals surface area contributed by atoms with E-state index in [0.29, 0.717) is 34.8 Å². The summed E-state index contributed by atoms with van der Waals surface area (Å²) in [5.74, 6) is 1.37. The highest BCUT2D eigenvalue weighted by atomic mass is 35.5. The van der Waals surface area contributed by atoms with E-state index in [2.05, 4.69) is 25.5 Å². The van der Waals surface area contributed by atoms with Gasteiger partial charge in [-0.1, -0.05) is 23.2 Å². The second-order valence-corrected chi connectivity index (χ2v) is 6.58. The molecule has 1 aliphatic rings. The van der Waals surface area contributed by atoms with Gasteiger partial charge in [0.05, 0.1) is 16.6 Å². The molecular formula is C17H19Cl2N5O2. The van der Waals surface area contributed by atoms with Gasteiger partial charge in [0.15, 0.2) is 0 Å². The van der Waals surface area contributed by atoms with Gasteiger partial charge in [0.1, 0.15) is 18.8 Å². The van der Waals surface area contributed by atoms with Crippen LogP contribution in [0.2, 0.25) is 10.0 Å². The number of benzene rings is 1. The number of anilines is 2. The summed E-state index contributed by atoms with van der Waals surface area (Å²) in [6.07, 6.45) is 3.85. The molecule has 2 aromatic rings. The van der Waals surface area contributed by atoms with Crippen LogP contribution in [0.3, 0.4) is 0 Å². The molecule has 3 rings (SSSR count). The van der Waals surface area contributed by atoms with E-state index in [1.54, 1.807) is 18.2 Å². The van der Waals surface area contributed by atoms with Crippen LogP contribution in [0.25, 0.3) is 0 Å². The van der Waals surface area contributed by atoms with Crippen LogP contribution in [0.1, 0.15) is 12.8 Å². The third-order valence-electron chi connectivity index (χ3n) is 3.87. The minimum Gasteiger partial charge on any atom is -0.476 e. The molecule has 2 N–H and O–H groups in total. The molecule has 1 aromatic carbocycles. The van der Waals surface area contributed by atoms with E-state index >= 15 is 0 Å². The van der Waals surface area contributed by atoms with Gasteiger partial charge in [0.2, 0.25) is 5.88 Å². The second-order valence-electron chi connectivity index (χ2n) is 5.77. The Labute approximate surface area is 161 Å². The molecule has 0 aliphatic carbocycles. The number of nitrogens with zero attached hydrogens (tertiary/aromatic N) is 3. The number of ether oxygens (including phenoxy) is 1. The van der Waals surface area contributed by atoms with Crippen LogP contribution >= 0.6 is 23.2 Å². The molecule has 1 aliphatic heterocycles. The summed E-state index contributed by atoms with van der Waals surface area (Å²) in [4.78, 5) is 22.4. The van der Waals surface area contributed by atoms with Crippen LogP contribution in [0, 0.1) is 0 Å². The monoisotopic (exact) mass is 395 g/mol. The Bertz CT molecular complexity index is 769. The van der Waals surface area contributed by atoms with Crippen LogP contribution in [0.5, 0.6) is 5.88 Å². The van der Waals surface area contributed by atoms with Gasteiger partial charge in [-0.25, -0.2) is 14.8 Å². The van der Waals surface area contributed by atoms with Crippen LogP contribution in [-0.4, -0.2) is 42.2 Å². The molecule has 0 bridgehead atoms. The van der Waals surface area contributed by atoms with Crippen LogP contribution in [0.15, 0.2) is 30.6 Å². The van der Waals surface area contributed by atoms with Gasteiger partial charge in [-0.3, -0.25) is 0 Å². The summed E-state index contributed by atoms with van der Waals surface area (Å²) in [5, 5.41) is 6.19. The van der Waals surface area contributed by atoms with Crippen molar-refractivity contribution in [1.82, 2.24) is 15.3 Å². The Morgan fingerprint density at radius 2 is 1.96 bits per heavy atom. The molecule has 0 atom stereocenters. The number of halogens is 2. The van der Waals surface area contributed by atoms with Crippen LogP contribution in [0.4, 0.5) is 16.3 Å². The first kappa shape index (κ1) is 18.5. The van der Waals surface area contributed by atoms with Crippen molar-refractivity contribution in [2.45, 2.75) is 12.8 Å². The van der Waals surface area contributed by atoms with E-state index in [-0.39, 0.29) is 6.03 Å². The van der Waals surface area contributed by atoms with E-state index in [4.69, 9.17) is 27.9 Å². The SMILES string of the molecule is O=C(NCCOc1cc(N2CCCC2)ncn1)Nc1ccc(Cl)c(Cl)c1. The molecule has 0 saturated carbocycles. The summed E-state index contributed by atoms with van der Waals surface area (Å²) in [6, 6.07) is 6.34. The fraction of sp³-hybridized carbons (Fsp3) is 0.353. The normalized spacial score (nSPS) is 13.5. The van der Waals surface area contributed by atoms with E-state index in [0.717, 1.165) is 18.9 Å². The third kappa shape index (κ3) is 5.12. The average molecular weight is 396 g/mol. The fourth-order valence-electron chi connectivity index (χ4n) is 2.60.